The molecule has 1 aliphatic carbocycles. The fourth-order valence-corrected chi connectivity index (χ4v) is 3.10. The van der Waals surface area contributed by atoms with E-state index < -0.39 is 0 Å². The van der Waals surface area contributed by atoms with Crippen LogP contribution >= 0.6 is 0 Å². The minimum atomic E-state index is -0.302. The number of para-hydroxylation sites is 1. The van der Waals surface area contributed by atoms with Crippen LogP contribution in [0.25, 0.3) is 10.9 Å². The number of allylic oxidation sites excluding steroid dienone is 2. The molecule has 1 heterocycles. The van der Waals surface area contributed by atoms with E-state index in [0.29, 0.717) is 12.0 Å². The Morgan fingerprint density at radius 1 is 1.35 bits per heavy atom. The van der Waals surface area contributed by atoms with Crippen LogP contribution in [0, 0.1) is 5.92 Å². The molecule has 120 valence electrons. The van der Waals surface area contributed by atoms with Gasteiger partial charge in [-0.15, -0.1) is 0 Å². The van der Waals surface area contributed by atoms with E-state index in [1.165, 1.54) is 5.56 Å². The van der Waals surface area contributed by atoms with E-state index in [4.69, 9.17) is 4.74 Å². The van der Waals surface area contributed by atoms with E-state index in [0.717, 1.165) is 30.2 Å². The van der Waals surface area contributed by atoms with Gasteiger partial charge in [-0.25, -0.2) is 0 Å². The zero-order valence-electron chi connectivity index (χ0n) is 13.3. The molecule has 0 saturated heterocycles. The average molecular weight is 311 g/mol. The Morgan fingerprint density at radius 2 is 2.22 bits per heavy atom. The van der Waals surface area contributed by atoms with Gasteiger partial charge in [-0.2, -0.15) is 0 Å². The molecular formula is C19H21NO3. The summed E-state index contributed by atoms with van der Waals surface area (Å²) >= 11 is 0. The first kappa shape index (κ1) is 15.5. The molecule has 4 nitrogen and oxygen atoms in total. The lowest BCUT2D eigenvalue weighted by Crippen LogP contribution is -2.15. The quantitative estimate of drug-likeness (QED) is 0.501. The molecule has 0 saturated carbocycles. The highest BCUT2D eigenvalue weighted by Crippen LogP contribution is 2.23. The topological polar surface area (TPSA) is 59.2 Å². The van der Waals surface area contributed by atoms with Gasteiger partial charge in [0.05, 0.1) is 6.42 Å². The van der Waals surface area contributed by atoms with Gasteiger partial charge in [0.2, 0.25) is 5.78 Å². The molecule has 23 heavy (non-hydrogen) atoms. The van der Waals surface area contributed by atoms with Crippen LogP contribution in [-0.2, 0) is 16.0 Å². The summed E-state index contributed by atoms with van der Waals surface area (Å²) < 4.78 is 5.16. The van der Waals surface area contributed by atoms with Crippen LogP contribution in [-0.4, -0.2) is 23.3 Å². The number of benzene rings is 1. The van der Waals surface area contributed by atoms with Crippen LogP contribution in [0.1, 0.15) is 42.1 Å². The van der Waals surface area contributed by atoms with Crippen molar-refractivity contribution in [2.24, 2.45) is 5.92 Å². The number of carbonyl (C=O) groups is 2. The molecule has 1 N–H and O–H groups in total. The molecule has 4 heteroatoms. The van der Waals surface area contributed by atoms with Gasteiger partial charge in [-0.3, -0.25) is 9.59 Å². The van der Waals surface area contributed by atoms with Crippen LogP contribution in [0.3, 0.4) is 0 Å². The number of esters is 1. The molecule has 0 radical (unpaired) electrons. The van der Waals surface area contributed by atoms with E-state index in [1.807, 2.05) is 18.2 Å². The molecule has 1 aromatic heterocycles. The predicted molar refractivity (Wildman–Crippen MR) is 89.4 cm³/mol. The van der Waals surface area contributed by atoms with Crippen molar-refractivity contribution in [2.75, 3.05) is 6.61 Å². The Hall–Kier alpha value is -2.36. The first-order valence-electron chi connectivity index (χ1n) is 8.13. The normalized spacial score (nSPS) is 16.8. The largest absolute Gasteiger partial charge is 0.457 e. The molecule has 1 atom stereocenters. The van der Waals surface area contributed by atoms with Gasteiger partial charge in [0.25, 0.3) is 0 Å². The maximum absolute atomic E-state index is 12.3. The lowest BCUT2D eigenvalue weighted by Gasteiger charge is -2.07. The van der Waals surface area contributed by atoms with Crippen molar-refractivity contribution in [1.82, 2.24) is 4.98 Å². The maximum atomic E-state index is 12.3. The number of fused-ring (bicyclic) bond motifs is 1. The number of carbonyl (C=O) groups excluding carboxylic acids is 2. The lowest BCUT2D eigenvalue weighted by atomic mass is 10.0. The SMILES string of the molecule is CCc1cccc2c(C(=O)COC(=O)C[C@H]3C=CCC3)c[nH]c12. The second kappa shape index (κ2) is 6.82. The minimum absolute atomic E-state index is 0.167. The molecule has 3 rings (SSSR count). The monoisotopic (exact) mass is 311 g/mol. The fraction of sp³-hybridized carbons (Fsp3) is 0.368. The number of ether oxygens (including phenoxy) is 1. The second-order valence-corrected chi connectivity index (χ2v) is 5.95. The van der Waals surface area contributed by atoms with Gasteiger partial charge < -0.3 is 9.72 Å². The highest BCUT2D eigenvalue weighted by molar-refractivity contribution is 6.09. The Kier molecular flexibility index (Phi) is 4.60. The van der Waals surface area contributed by atoms with Crippen LogP contribution in [0.5, 0.6) is 0 Å². The number of aromatic amines is 1. The predicted octanol–water partition coefficient (Wildman–Crippen LogP) is 3.81. The summed E-state index contributed by atoms with van der Waals surface area (Å²) in [7, 11) is 0. The van der Waals surface area contributed by atoms with Crippen LogP contribution in [0.2, 0.25) is 0 Å². The van der Waals surface area contributed by atoms with Crippen LogP contribution in [0.15, 0.2) is 36.5 Å². The van der Waals surface area contributed by atoms with Gasteiger partial charge in [0, 0.05) is 22.7 Å². The highest BCUT2D eigenvalue weighted by atomic mass is 16.5. The third-order valence-corrected chi connectivity index (χ3v) is 4.39. The molecule has 0 aliphatic heterocycles. The van der Waals surface area contributed by atoms with Crippen molar-refractivity contribution in [3.63, 3.8) is 0 Å². The fourth-order valence-electron chi connectivity index (χ4n) is 3.10. The molecule has 0 unspecified atom stereocenters. The highest BCUT2D eigenvalue weighted by Gasteiger charge is 2.18. The van der Waals surface area contributed by atoms with E-state index in [2.05, 4.69) is 24.1 Å². The van der Waals surface area contributed by atoms with E-state index in [1.54, 1.807) is 6.20 Å². The Labute approximate surface area is 135 Å². The summed E-state index contributed by atoms with van der Waals surface area (Å²) in [5.74, 6) is -0.207. The Bertz CT molecular complexity index is 757. The number of Topliss-reactive ketones (excluding diaryl/α,β-unsaturated/α-hetero) is 1. The minimum Gasteiger partial charge on any atom is -0.457 e. The summed E-state index contributed by atoms with van der Waals surface area (Å²) in [6, 6.07) is 5.91. The Balaban J connectivity index is 1.64. The number of hydrogen-bond acceptors (Lipinski definition) is 3. The first-order chi connectivity index (χ1) is 11.2. The van der Waals surface area contributed by atoms with Crippen molar-refractivity contribution in [2.45, 2.75) is 32.6 Å². The third-order valence-electron chi connectivity index (χ3n) is 4.39. The van der Waals surface area contributed by atoms with Crippen LogP contribution < -0.4 is 0 Å². The van der Waals surface area contributed by atoms with E-state index in [-0.39, 0.29) is 24.3 Å². The second-order valence-electron chi connectivity index (χ2n) is 5.95. The summed E-state index contributed by atoms with van der Waals surface area (Å²) in [5.41, 5.74) is 2.75. The number of aryl methyl sites for hydroxylation is 1. The average Bonchev–Trinajstić information content (AvgIpc) is 3.21. The molecule has 2 aromatic rings. The van der Waals surface area contributed by atoms with Crippen LogP contribution in [0.4, 0.5) is 0 Å². The van der Waals surface area contributed by atoms with Crippen molar-refractivity contribution in [1.29, 1.82) is 0 Å². The van der Waals surface area contributed by atoms with E-state index in [9.17, 15) is 9.59 Å². The maximum Gasteiger partial charge on any atom is 0.306 e. The smallest absolute Gasteiger partial charge is 0.306 e. The van der Waals surface area contributed by atoms with Crippen molar-refractivity contribution in [3.8, 4) is 0 Å². The number of ketones is 1. The van der Waals surface area contributed by atoms with Crippen molar-refractivity contribution < 1.29 is 14.3 Å². The molecule has 0 spiro atoms. The number of rotatable bonds is 6. The van der Waals surface area contributed by atoms with Gasteiger partial charge in [-0.05, 0) is 30.7 Å². The molecular weight excluding hydrogens is 290 g/mol. The van der Waals surface area contributed by atoms with Gasteiger partial charge >= 0.3 is 5.97 Å². The van der Waals surface area contributed by atoms with Gasteiger partial charge in [-0.1, -0.05) is 37.3 Å². The zero-order valence-corrected chi connectivity index (χ0v) is 13.3. The number of nitrogens with one attached hydrogen (secondary N) is 1. The van der Waals surface area contributed by atoms with Gasteiger partial charge in [0.15, 0.2) is 6.61 Å². The molecule has 1 aromatic carbocycles. The zero-order chi connectivity index (χ0) is 16.2. The number of H-pyrrole nitrogens is 1. The number of hydrogen-bond donors (Lipinski definition) is 1. The third kappa shape index (κ3) is 3.36. The standard InChI is InChI=1S/C19H21NO3/c1-2-14-8-5-9-15-16(11-20-19(14)15)17(21)12-23-18(22)10-13-6-3-4-7-13/h3,5-6,8-9,11,13,20H,2,4,7,10,12H2,1H3/t13-/m0/s1. The summed E-state index contributed by atoms with van der Waals surface area (Å²) in [4.78, 5) is 27.3. The first-order valence-corrected chi connectivity index (χ1v) is 8.13. The molecule has 0 bridgehead atoms. The Morgan fingerprint density at radius 3 is 2.96 bits per heavy atom. The summed E-state index contributed by atoms with van der Waals surface area (Å²) in [6.45, 7) is 1.88. The van der Waals surface area contributed by atoms with Crippen molar-refractivity contribution in [3.05, 3.63) is 47.7 Å². The summed E-state index contributed by atoms with van der Waals surface area (Å²) in [5, 5.41) is 0.893. The summed E-state index contributed by atoms with van der Waals surface area (Å²) in [6.07, 6.45) is 9.11. The molecule has 0 amide bonds. The molecule has 0 fully saturated rings. The van der Waals surface area contributed by atoms with Crippen molar-refractivity contribution >= 4 is 22.7 Å². The number of aromatic nitrogens is 1. The molecule has 1 aliphatic rings. The lowest BCUT2D eigenvalue weighted by molar-refractivity contribution is -0.143. The van der Waals surface area contributed by atoms with Gasteiger partial charge in [0.1, 0.15) is 0 Å². The van der Waals surface area contributed by atoms with E-state index >= 15 is 0 Å².